The van der Waals surface area contributed by atoms with E-state index in [2.05, 4.69) is 11.4 Å². The SMILES string of the molecule is FC(F)(F)c1cccc(/[C]=N\OCc2ccc(-c3ccccc3)cc2)c1. The van der Waals surface area contributed by atoms with Crippen LogP contribution in [0, 0.1) is 0 Å². The Morgan fingerprint density at radius 2 is 1.50 bits per heavy atom. The summed E-state index contributed by atoms with van der Waals surface area (Å²) in [6.07, 6.45) is -1.92. The fourth-order valence-corrected chi connectivity index (χ4v) is 2.38. The number of hydrogen-bond donors (Lipinski definition) is 0. The molecule has 0 aliphatic rings. The van der Waals surface area contributed by atoms with Crippen molar-refractivity contribution in [3.8, 4) is 11.1 Å². The molecule has 131 valence electrons. The van der Waals surface area contributed by atoms with Crippen LogP contribution in [0.4, 0.5) is 13.2 Å². The third-order valence-electron chi connectivity index (χ3n) is 3.72. The molecule has 0 bridgehead atoms. The van der Waals surface area contributed by atoms with Crippen molar-refractivity contribution in [1.82, 2.24) is 0 Å². The zero-order valence-electron chi connectivity index (χ0n) is 13.7. The van der Waals surface area contributed by atoms with E-state index in [1.807, 2.05) is 54.6 Å². The molecule has 0 aliphatic heterocycles. The number of alkyl halides is 3. The van der Waals surface area contributed by atoms with Crippen LogP contribution in [0.2, 0.25) is 0 Å². The van der Waals surface area contributed by atoms with E-state index in [9.17, 15) is 13.2 Å². The van der Waals surface area contributed by atoms with E-state index >= 15 is 0 Å². The molecule has 3 aromatic rings. The van der Waals surface area contributed by atoms with Crippen LogP contribution in [-0.2, 0) is 17.6 Å². The minimum absolute atomic E-state index is 0.208. The molecular formula is C21H15F3NO. The third kappa shape index (κ3) is 4.72. The highest BCUT2D eigenvalue weighted by Gasteiger charge is 2.30. The number of benzene rings is 3. The Hall–Kier alpha value is -3.08. The first-order valence-corrected chi connectivity index (χ1v) is 7.92. The third-order valence-corrected chi connectivity index (χ3v) is 3.72. The van der Waals surface area contributed by atoms with Gasteiger partial charge in [-0.15, -0.1) is 0 Å². The van der Waals surface area contributed by atoms with Crippen LogP contribution < -0.4 is 0 Å². The minimum Gasteiger partial charge on any atom is -0.390 e. The van der Waals surface area contributed by atoms with Gasteiger partial charge in [0, 0.05) is 5.56 Å². The average Bonchev–Trinajstić information content (AvgIpc) is 2.66. The van der Waals surface area contributed by atoms with Crippen molar-refractivity contribution < 1.29 is 18.0 Å². The van der Waals surface area contributed by atoms with Gasteiger partial charge < -0.3 is 4.84 Å². The van der Waals surface area contributed by atoms with Crippen molar-refractivity contribution in [1.29, 1.82) is 0 Å². The van der Waals surface area contributed by atoms with Crippen LogP contribution in [0.5, 0.6) is 0 Å². The lowest BCUT2D eigenvalue weighted by atomic mass is 10.0. The summed E-state index contributed by atoms with van der Waals surface area (Å²) in [7, 11) is 0. The molecule has 1 radical (unpaired) electrons. The Balaban J connectivity index is 1.57. The highest BCUT2D eigenvalue weighted by molar-refractivity contribution is 5.79. The second kappa shape index (κ2) is 7.87. The van der Waals surface area contributed by atoms with E-state index in [-0.39, 0.29) is 12.2 Å². The van der Waals surface area contributed by atoms with Gasteiger partial charge in [0.1, 0.15) is 12.8 Å². The number of hydrogen-bond acceptors (Lipinski definition) is 2. The van der Waals surface area contributed by atoms with E-state index in [1.165, 1.54) is 12.1 Å². The van der Waals surface area contributed by atoms with Crippen molar-refractivity contribution in [3.63, 3.8) is 0 Å². The Kier molecular flexibility index (Phi) is 5.37. The summed E-state index contributed by atoms with van der Waals surface area (Å²) in [5.41, 5.74) is 2.58. The van der Waals surface area contributed by atoms with Crippen LogP contribution in [0.25, 0.3) is 11.1 Å². The second-order valence-corrected chi connectivity index (χ2v) is 5.62. The maximum atomic E-state index is 12.6. The summed E-state index contributed by atoms with van der Waals surface area (Å²) >= 11 is 0. The van der Waals surface area contributed by atoms with Gasteiger partial charge in [0.25, 0.3) is 0 Å². The van der Waals surface area contributed by atoms with Gasteiger partial charge >= 0.3 is 6.18 Å². The van der Waals surface area contributed by atoms with Gasteiger partial charge in [-0.3, -0.25) is 0 Å². The van der Waals surface area contributed by atoms with Crippen molar-refractivity contribution in [2.24, 2.45) is 5.16 Å². The lowest BCUT2D eigenvalue weighted by molar-refractivity contribution is -0.137. The smallest absolute Gasteiger partial charge is 0.390 e. The first kappa shape index (κ1) is 17.7. The molecule has 5 heteroatoms. The summed E-state index contributed by atoms with van der Waals surface area (Å²) in [4.78, 5) is 5.13. The summed E-state index contributed by atoms with van der Waals surface area (Å²) < 4.78 is 37.9. The van der Waals surface area contributed by atoms with Crippen LogP contribution in [0.1, 0.15) is 16.7 Å². The standard InChI is InChI=1S/C21H15F3NO/c22-21(23,24)20-8-4-5-17(13-20)14-25-26-15-16-9-11-19(12-10-16)18-6-2-1-3-7-18/h1-13H,15H2. The molecule has 3 aromatic carbocycles. The zero-order valence-corrected chi connectivity index (χ0v) is 13.7. The fraction of sp³-hybridized carbons (Fsp3) is 0.0952. The first-order valence-electron chi connectivity index (χ1n) is 7.92. The molecule has 0 aromatic heterocycles. The maximum Gasteiger partial charge on any atom is 0.416 e. The van der Waals surface area contributed by atoms with Crippen molar-refractivity contribution >= 4 is 6.21 Å². The summed E-state index contributed by atoms with van der Waals surface area (Å²) in [5.74, 6) is 0. The lowest BCUT2D eigenvalue weighted by Crippen LogP contribution is -2.05. The van der Waals surface area contributed by atoms with Gasteiger partial charge in [-0.05, 0) is 28.8 Å². The fourth-order valence-electron chi connectivity index (χ4n) is 2.38. The normalized spacial score (nSPS) is 11.7. The van der Waals surface area contributed by atoms with Crippen molar-refractivity contribution in [2.45, 2.75) is 12.8 Å². The Labute approximate surface area is 149 Å². The summed E-state index contributed by atoms with van der Waals surface area (Å²) in [6.45, 7) is 0.209. The molecule has 0 saturated heterocycles. The Morgan fingerprint density at radius 3 is 2.19 bits per heavy atom. The molecule has 0 fully saturated rings. The minimum atomic E-state index is -4.39. The highest BCUT2D eigenvalue weighted by atomic mass is 19.4. The van der Waals surface area contributed by atoms with Gasteiger partial charge in [0.2, 0.25) is 0 Å². The number of rotatable bonds is 5. The highest BCUT2D eigenvalue weighted by Crippen LogP contribution is 2.29. The van der Waals surface area contributed by atoms with Crippen LogP contribution in [-0.4, -0.2) is 6.21 Å². The molecule has 26 heavy (non-hydrogen) atoms. The lowest BCUT2D eigenvalue weighted by Gasteiger charge is -2.06. The van der Waals surface area contributed by atoms with Gasteiger partial charge in [-0.1, -0.05) is 71.9 Å². The van der Waals surface area contributed by atoms with Crippen LogP contribution in [0.15, 0.2) is 84.0 Å². The van der Waals surface area contributed by atoms with Crippen LogP contribution in [0.3, 0.4) is 0 Å². The second-order valence-electron chi connectivity index (χ2n) is 5.62. The first-order chi connectivity index (χ1) is 12.5. The van der Waals surface area contributed by atoms with Crippen molar-refractivity contribution in [2.75, 3.05) is 0 Å². The van der Waals surface area contributed by atoms with Crippen molar-refractivity contribution in [3.05, 3.63) is 95.6 Å². The van der Waals surface area contributed by atoms with Gasteiger partial charge in [0.15, 0.2) is 0 Å². The van der Waals surface area contributed by atoms with E-state index in [0.717, 1.165) is 28.8 Å². The topological polar surface area (TPSA) is 21.6 Å². The molecule has 0 unspecified atom stereocenters. The number of halogens is 3. The monoisotopic (exact) mass is 354 g/mol. The molecule has 0 spiro atoms. The van der Waals surface area contributed by atoms with E-state index in [1.54, 1.807) is 0 Å². The maximum absolute atomic E-state index is 12.6. The average molecular weight is 354 g/mol. The van der Waals surface area contributed by atoms with E-state index in [0.29, 0.717) is 0 Å². The predicted octanol–water partition coefficient (Wildman–Crippen LogP) is 5.80. The quantitative estimate of drug-likeness (QED) is 0.419. The van der Waals surface area contributed by atoms with E-state index in [4.69, 9.17) is 4.84 Å². The molecule has 3 rings (SSSR count). The molecule has 0 N–H and O–H groups in total. The molecule has 0 saturated carbocycles. The molecule has 0 atom stereocenters. The summed E-state index contributed by atoms with van der Waals surface area (Å²) in [6, 6.07) is 22.5. The molecule has 0 heterocycles. The Bertz CT molecular complexity index is 872. The molecule has 0 amide bonds. The van der Waals surface area contributed by atoms with Gasteiger partial charge in [-0.25, -0.2) is 0 Å². The zero-order chi connectivity index (χ0) is 18.4. The molecule has 2 nitrogen and oxygen atoms in total. The molecule has 0 aliphatic carbocycles. The molecular weight excluding hydrogens is 339 g/mol. The predicted molar refractivity (Wildman–Crippen MR) is 94.6 cm³/mol. The van der Waals surface area contributed by atoms with Crippen LogP contribution >= 0.6 is 0 Å². The Morgan fingerprint density at radius 1 is 0.808 bits per heavy atom. The number of nitrogens with zero attached hydrogens (tertiary/aromatic N) is 1. The van der Waals surface area contributed by atoms with Gasteiger partial charge in [0.05, 0.1) is 5.56 Å². The summed E-state index contributed by atoms with van der Waals surface area (Å²) in [5, 5.41) is 3.62. The van der Waals surface area contributed by atoms with Gasteiger partial charge in [-0.2, -0.15) is 13.2 Å². The van der Waals surface area contributed by atoms with E-state index < -0.39 is 11.7 Å². The largest absolute Gasteiger partial charge is 0.416 e.